The summed E-state index contributed by atoms with van der Waals surface area (Å²) in [5.74, 6) is 2.50. The predicted molar refractivity (Wildman–Crippen MR) is 101 cm³/mol. The lowest BCUT2D eigenvalue weighted by Crippen LogP contribution is -2.31. The minimum atomic E-state index is -2.45. The van der Waals surface area contributed by atoms with Gasteiger partial charge in [-0.05, 0) is 46.8 Å². The molecule has 0 aromatic carbocycles. The Morgan fingerprint density at radius 1 is 1.18 bits per heavy atom. The molecule has 1 saturated heterocycles. The maximum Gasteiger partial charge on any atom is 0.175 e. The van der Waals surface area contributed by atoms with Crippen molar-refractivity contribution >= 4 is 25.3 Å². The Bertz CT molecular complexity index is 651. The van der Waals surface area contributed by atoms with Crippen molar-refractivity contribution in [3.05, 3.63) is 23.0 Å². The number of allylic oxidation sites excluding steroid dienone is 3. The number of fused-ring (bicyclic) bond motifs is 5. The molecule has 3 rings (SSSR count). The molecule has 0 amide bonds. The second-order valence-electron chi connectivity index (χ2n) is 7.07. The van der Waals surface area contributed by atoms with E-state index in [0.29, 0.717) is 17.2 Å². The Hall–Kier alpha value is 0.280. The van der Waals surface area contributed by atoms with E-state index in [9.17, 15) is 4.57 Å². The van der Waals surface area contributed by atoms with Gasteiger partial charge in [0, 0.05) is 29.1 Å². The van der Waals surface area contributed by atoms with Gasteiger partial charge in [0.1, 0.15) is 0 Å². The first-order chi connectivity index (χ1) is 10.2. The Morgan fingerprint density at radius 2 is 1.77 bits per heavy atom. The van der Waals surface area contributed by atoms with Crippen LogP contribution in [-0.4, -0.2) is 53.5 Å². The van der Waals surface area contributed by atoms with Gasteiger partial charge in [-0.3, -0.25) is 9.34 Å². The third-order valence-electron chi connectivity index (χ3n) is 5.92. The van der Waals surface area contributed by atoms with Crippen molar-refractivity contribution in [1.82, 2.24) is 9.34 Å². The highest BCUT2D eigenvalue weighted by atomic mass is 32.4. The van der Waals surface area contributed by atoms with Gasteiger partial charge in [-0.2, -0.15) is 0 Å². The van der Waals surface area contributed by atoms with Crippen LogP contribution in [0.2, 0.25) is 0 Å². The molecule has 2 unspecified atom stereocenters. The van der Waals surface area contributed by atoms with Crippen LogP contribution in [0.1, 0.15) is 27.7 Å². The number of hydrogen-bond acceptors (Lipinski definition) is 2. The lowest BCUT2D eigenvalue weighted by atomic mass is 9.85. The van der Waals surface area contributed by atoms with Crippen molar-refractivity contribution in [1.29, 1.82) is 0 Å². The molecule has 0 N–H and O–H groups in total. The van der Waals surface area contributed by atoms with E-state index in [0.717, 1.165) is 13.1 Å². The second-order valence-corrected chi connectivity index (χ2v) is 14.9. The molecule has 6 heteroatoms. The first-order valence-electron chi connectivity index (χ1n) is 8.23. The minimum Gasteiger partial charge on any atom is -0.302 e. The molecule has 0 saturated carbocycles. The average Bonchev–Trinajstić information content (AvgIpc) is 2.96. The van der Waals surface area contributed by atoms with Crippen LogP contribution in [0.15, 0.2) is 23.0 Å². The molecule has 1 fully saturated rings. The number of nitrogens with zero attached hydrogens (tertiary/aromatic N) is 2. The zero-order valence-corrected chi connectivity index (χ0v) is 17.1. The second kappa shape index (κ2) is 5.39. The molecule has 3 nitrogen and oxygen atoms in total. The zero-order valence-electron chi connectivity index (χ0n) is 14.5. The summed E-state index contributed by atoms with van der Waals surface area (Å²) in [5.41, 5.74) is 3.79. The van der Waals surface area contributed by atoms with Gasteiger partial charge in [-0.15, -0.1) is 0 Å². The third-order valence-corrected chi connectivity index (χ3v) is 16.1. The molecule has 0 spiro atoms. The highest BCUT2D eigenvalue weighted by molar-refractivity contribution is 8.14. The summed E-state index contributed by atoms with van der Waals surface area (Å²) in [6.07, 6.45) is 0.689. The van der Waals surface area contributed by atoms with E-state index in [4.69, 9.17) is 11.8 Å². The molecule has 0 aromatic heterocycles. The van der Waals surface area contributed by atoms with Crippen LogP contribution in [-0.2, 0) is 16.4 Å². The molecule has 3 aliphatic heterocycles. The Kier molecular flexibility index (Phi) is 4.20. The van der Waals surface area contributed by atoms with Gasteiger partial charge in [0.15, 0.2) is 7.29 Å². The van der Waals surface area contributed by atoms with Gasteiger partial charge in [0.05, 0.1) is 0 Å². The standard InChI is InChI=1S/C16H28N2OP2S/c1-7-18(8-2)21(22)13-9-11(3)15(21)14-12(4)10-20(19,16(13)14)17(5)6/h9-10,13-16H,7-8H2,1-6H3/t13-,14-,15+,16+,20?,21?/m0/s1. The predicted octanol–water partition coefficient (Wildman–Crippen LogP) is 4.18. The van der Waals surface area contributed by atoms with Crippen LogP contribution in [0.3, 0.4) is 0 Å². The van der Waals surface area contributed by atoms with Crippen LogP contribution in [0.4, 0.5) is 0 Å². The Morgan fingerprint density at radius 3 is 2.27 bits per heavy atom. The van der Waals surface area contributed by atoms with Gasteiger partial charge in [-0.1, -0.05) is 42.9 Å². The van der Waals surface area contributed by atoms with Crippen molar-refractivity contribution in [2.24, 2.45) is 5.92 Å². The van der Waals surface area contributed by atoms with Crippen LogP contribution in [0.25, 0.3) is 0 Å². The van der Waals surface area contributed by atoms with E-state index in [-0.39, 0.29) is 5.66 Å². The van der Waals surface area contributed by atoms with Crippen molar-refractivity contribution in [3.63, 3.8) is 0 Å². The van der Waals surface area contributed by atoms with Gasteiger partial charge < -0.3 is 4.57 Å². The molecule has 2 bridgehead atoms. The number of hydrogen-bond donors (Lipinski definition) is 0. The first-order valence-corrected chi connectivity index (χ1v) is 12.9. The van der Waals surface area contributed by atoms with E-state index >= 15 is 0 Å². The zero-order chi connectivity index (χ0) is 16.4. The average molecular weight is 358 g/mol. The van der Waals surface area contributed by atoms with E-state index in [1.165, 1.54) is 11.1 Å². The quantitative estimate of drug-likeness (QED) is 0.556. The van der Waals surface area contributed by atoms with E-state index < -0.39 is 13.5 Å². The number of rotatable bonds is 4. The smallest absolute Gasteiger partial charge is 0.175 e. The van der Waals surface area contributed by atoms with Gasteiger partial charge >= 0.3 is 0 Å². The van der Waals surface area contributed by atoms with Gasteiger partial charge in [0.25, 0.3) is 0 Å². The highest BCUT2D eigenvalue weighted by Gasteiger charge is 2.66. The molecule has 3 heterocycles. The fraction of sp³-hybridized carbons (Fsp3) is 0.750. The van der Waals surface area contributed by atoms with Crippen LogP contribution in [0.5, 0.6) is 0 Å². The Balaban J connectivity index is 2.16. The van der Waals surface area contributed by atoms with E-state index in [1.54, 1.807) is 0 Å². The molecular formula is C16H28N2OP2S. The van der Waals surface area contributed by atoms with Crippen molar-refractivity contribution in [3.8, 4) is 0 Å². The fourth-order valence-corrected chi connectivity index (χ4v) is 16.5. The van der Waals surface area contributed by atoms with Crippen LogP contribution < -0.4 is 0 Å². The van der Waals surface area contributed by atoms with Crippen molar-refractivity contribution < 1.29 is 4.57 Å². The third kappa shape index (κ3) is 1.88. The summed E-state index contributed by atoms with van der Waals surface area (Å²) in [6.45, 7) is 10.9. The lowest BCUT2D eigenvalue weighted by Gasteiger charge is -2.37. The van der Waals surface area contributed by atoms with E-state index in [1.807, 2.05) is 18.8 Å². The SMILES string of the molecule is CCN(CC)P1(=S)[C@@H]2C(C)=C[C@H]1[C@@H]1[C@H]2C(C)=CP1(=O)N(C)C. The summed E-state index contributed by atoms with van der Waals surface area (Å²) in [5, 5.41) is 0. The Labute approximate surface area is 140 Å². The first kappa shape index (κ1) is 17.1. The monoisotopic (exact) mass is 358 g/mol. The maximum absolute atomic E-state index is 13.7. The molecule has 124 valence electrons. The summed E-state index contributed by atoms with van der Waals surface area (Å²) in [4.78, 5) is 0. The molecule has 3 aliphatic rings. The van der Waals surface area contributed by atoms with Gasteiger partial charge in [-0.25, -0.2) is 0 Å². The van der Waals surface area contributed by atoms with Crippen LogP contribution in [0, 0.1) is 5.92 Å². The maximum atomic E-state index is 13.7. The molecule has 0 aromatic rings. The normalized spacial score (nSPS) is 46.4. The minimum absolute atomic E-state index is 0.225. The van der Waals surface area contributed by atoms with Crippen molar-refractivity contribution in [2.45, 2.75) is 44.7 Å². The summed E-state index contributed by atoms with van der Waals surface area (Å²) in [6, 6.07) is 0. The molecule has 0 aliphatic carbocycles. The summed E-state index contributed by atoms with van der Waals surface area (Å²) >= 11 is 6.39. The van der Waals surface area contributed by atoms with Crippen LogP contribution >= 0.6 is 13.5 Å². The van der Waals surface area contributed by atoms with Gasteiger partial charge in [0.2, 0.25) is 0 Å². The van der Waals surface area contributed by atoms with E-state index in [2.05, 4.69) is 44.3 Å². The fourth-order valence-electron chi connectivity index (χ4n) is 5.03. The molecule has 22 heavy (non-hydrogen) atoms. The highest BCUT2D eigenvalue weighted by Crippen LogP contribution is 2.83. The largest absolute Gasteiger partial charge is 0.302 e. The molecule has 0 radical (unpaired) electrons. The molecule has 6 atom stereocenters. The topological polar surface area (TPSA) is 23.6 Å². The summed E-state index contributed by atoms with van der Waals surface area (Å²) < 4.78 is 18.2. The van der Waals surface area contributed by atoms with Crippen molar-refractivity contribution in [2.75, 3.05) is 27.2 Å². The summed E-state index contributed by atoms with van der Waals surface area (Å²) in [7, 11) is 1.49. The lowest BCUT2D eigenvalue weighted by molar-refractivity contribution is 0.493. The molecular weight excluding hydrogens is 330 g/mol.